The molecule has 150 valence electrons. The highest BCUT2D eigenvalue weighted by atomic mass is 32.2. The molecule has 2 aromatic rings. The van der Waals surface area contributed by atoms with Gasteiger partial charge in [0, 0.05) is 44.6 Å². The molecule has 0 radical (unpaired) electrons. The third kappa shape index (κ3) is 5.39. The van der Waals surface area contributed by atoms with Crippen molar-refractivity contribution in [3.8, 4) is 0 Å². The van der Waals surface area contributed by atoms with E-state index >= 15 is 0 Å². The molecule has 0 bridgehead atoms. The maximum absolute atomic E-state index is 12.6. The zero-order valence-corrected chi connectivity index (χ0v) is 17.2. The fourth-order valence-corrected chi connectivity index (χ4v) is 4.49. The highest BCUT2D eigenvalue weighted by Gasteiger charge is 2.25. The van der Waals surface area contributed by atoms with Crippen LogP contribution in [0.5, 0.6) is 0 Å². The maximum atomic E-state index is 12.6. The quantitative estimate of drug-likeness (QED) is 0.746. The van der Waals surface area contributed by atoms with E-state index in [-0.39, 0.29) is 5.91 Å². The molecule has 0 aliphatic carbocycles. The van der Waals surface area contributed by atoms with E-state index < -0.39 is 10.0 Å². The van der Waals surface area contributed by atoms with Gasteiger partial charge in [-0.2, -0.15) is 0 Å². The molecule has 1 aliphatic rings. The van der Waals surface area contributed by atoms with E-state index in [0.29, 0.717) is 31.1 Å². The van der Waals surface area contributed by atoms with Gasteiger partial charge in [-0.25, -0.2) is 12.7 Å². The summed E-state index contributed by atoms with van der Waals surface area (Å²) in [6.07, 6.45) is 7.42. The van der Waals surface area contributed by atoms with Gasteiger partial charge < -0.3 is 4.90 Å². The maximum Gasteiger partial charge on any atom is 0.253 e. The first kappa shape index (κ1) is 20.5. The number of pyridine rings is 1. The number of nitrogens with zero attached hydrogens (tertiary/aromatic N) is 3. The third-order valence-corrected chi connectivity index (χ3v) is 6.56. The summed E-state index contributed by atoms with van der Waals surface area (Å²) < 4.78 is 24.8. The van der Waals surface area contributed by atoms with E-state index in [9.17, 15) is 13.2 Å². The van der Waals surface area contributed by atoms with Gasteiger partial charge in [-0.1, -0.05) is 18.2 Å². The van der Waals surface area contributed by atoms with Crippen LogP contribution < -0.4 is 0 Å². The smallest absolute Gasteiger partial charge is 0.253 e. The van der Waals surface area contributed by atoms with Gasteiger partial charge >= 0.3 is 0 Å². The molecule has 1 amide bonds. The largest absolute Gasteiger partial charge is 0.337 e. The molecular formula is C21H27N3O3S. The van der Waals surface area contributed by atoms with Crippen molar-refractivity contribution in [1.82, 2.24) is 14.2 Å². The molecular weight excluding hydrogens is 374 g/mol. The first-order valence-electron chi connectivity index (χ1n) is 9.51. The highest BCUT2D eigenvalue weighted by molar-refractivity contribution is 7.88. The Balaban J connectivity index is 1.54. The average Bonchev–Trinajstić information content (AvgIpc) is 2.68. The third-order valence-electron chi connectivity index (χ3n) is 5.26. The van der Waals surface area contributed by atoms with Gasteiger partial charge in [0.05, 0.1) is 6.26 Å². The van der Waals surface area contributed by atoms with E-state index in [1.807, 2.05) is 36.4 Å². The minimum atomic E-state index is -3.08. The average molecular weight is 402 g/mol. The molecule has 0 atom stereocenters. The van der Waals surface area contributed by atoms with Crippen LogP contribution in [0.3, 0.4) is 0 Å². The summed E-state index contributed by atoms with van der Waals surface area (Å²) in [7, 11) is -1.29. The number of carbonyl (C=O) groups excluding carboxylic acids is 1. The normalized spacial score (nSPS) is 16.1. The number of piperidine rings is 1. The van der Waals surface area contributed by atoms with Crippen molar-refractivity contribution in [2.24, 2.45) is 5.92 Å². The second-order valence-corrected chi connectivity index (χ2v) is 9.51. The first-order valence-corrected chi connectivity index (χ1v) is 11.4. The lowest BCUT2D eigenvalue weighted by atomic mass is 9.90. The lowest BCUT2D eigenvalue weighted by Crippen LogP contribution is -2.38. The van der Waals surface area contributed by atoms with Crippen LogP contribution in [0.1, 0.15) is 34.3 Å². The number of rotatable bonds is 6. The fraction of sp³-hybridized carbons (Fsp3) is 0.429. The van der Waals surface area contributed by atoms with E-state index in [0.717, 1.165) is 24.8 Å². The van der Waals surface area contributed by atoms with Gasteiger partial charge in [-0.15, -0.1) is 0 Å². The zero-order valence-electron chi connectivity index (χ0n) is 16.4. The van der Waals surface area contributed by atoms with E-state index in [4.69, 9.17) is 0 Å². The van der Waals surface area contributed by atoms with Crippen LogP contribution in [0.25, 0.3) is 0 Å². The van der Waals surface area contributed by atoms with Crippen LogP contribution in [-0.4, -0.2) is 54.9 Å². The Bertz CT molecular complexity index is 890. The number of benzene rings is 1. The number of carbonyl (C=O) groups is 1. The summed E-state index contributed by atoms with van der Waals surface area (Å²) in [5.41, 5.74) is 2.85. The van der Waals surface area contributed by atoms with Crippen LogP contribution in [0.2, 0.25) is 0 Å². The topological polar surface area (TPSA) is 70.6 Å². The zero-order chi connectivity index (χ0) is 20.1. The van der Waals surface area contributed by atoms with Gasteiger partial charge in [0.15, 0.2) is 0 Å². The van der Waals surface area contributed by atoms with Crippen LogP contribution in [0.4, 0.5) is 0 Å². The van der Waals surface area contributed by atoms with Gasteiger partial charge in [-0.05, 0) is 54.5 Å². The summed E-state index contributed by atoms with van der Waals surface area (Å²) in [6.45, 7) is 1.71. The molecule has 0 spiro atoms. The molecule has 1 saturated heterocycles. The SMILES string of the molecule is CN(Cc1cccnc1)C(=O)c1ccc(CC2CCN(S(C)(=O)=O)CC2)cc1. The molecule has 0 N–H and O–H groups in total. The number of aromatic nitrogens is 1. The lowest BCUT2D eigenvalue weighted by Gasteiger charge is -2.30. The summed E-state index contributed by atoms with van der Waals surface area (Å²) >= 11 is 0. The Morgan fingerprint density at radius 3 is 2.39 bits per heavy atom. The van der Waals surface area contributed by atoms with Crippen molar-refractivity contribution in [2.45, 2.75) is 25.8 Å². The second-order valence-electron chi connectivity index (χ2n) is 7.53. The van der Waals surface area contributed by atoms with Crippen LogP contribution >= 0.6 is 0 Å². The van der Waals surface area contributed by atoms with Crippen molar-refractivity contribution in [2.75, 3.05) is 26.4 Å². The number of hydrogen-bond acceptors (Lipinski definition) is 4. The fourth-order valence-electron chi connectivity index (χ4n) is 3.62. The Kier molecular flexibility index (Phi) is 6.46. The van der Waals surface area contributed by atoms with Crippen LogP contribution in [-0.2, 0) is 23.0 Å². The molecule has 3 rings (SSSR count). The Hall–Kier alpha value is -2.25. The molecule has 28 heavy (non-hydrogen) atoms. The highest BCUT2D eigenvalue weighted by Crippen LogP contribution is 2.23. The predicted molar refractivity (Wildman–Crippen MR) is 109 cm³/mol. The molecule has 1 aromatic carbocycles. The molecule has 1 aromatic heterocycles. The molecule has 7 heteroatoms. The van der Waals surface area contributed by atoms with Gasteiger partial charge in [0.25, 0.3) is 5.91 Å². The van der Waals surface area contributed by atoms with Gasteiger partial charge in [-0.3, -0.25) is 9.78 Å². The first-order chi connectivity index (χ1) is 13.3. The summed E-state index contributed by atoms with van der Waals surface area (Å²) in [5.74, 6) is 0.463. The summed E-state index contributed by atoms with van der Waals surface area (Å²) in [4.78, 5) is 18.4. The predicted octanol–water partition coefficient (Wildman–Crippen LogP) is 2.57. The Morgan fingerprint density at radius 2 is 1.82 bits per heavy atom. The van der Waals surface area contributed by atoms with Crippen LogP contribution in [0, 0.1) is 5.92 Å². The molecule has 2 heterocycles. The van der Waals surface area contributed by atoms with Crippen molar-refractivity contribution in [3.63, 3.8) is 0 Å². The van der Waals surface area contributed by atoms with Gasteiger partial charge in [0.2, 0.25) is 10.0 Å². The lowest BCUT2D eigenvalue weighted by molar-refractivity contribution is 0.0785. The van der Waals surface area contributed by atoms with Crippen molar-refractivity contribution >= 4 is 15.9 Å². The van der Waals surface area contributed by atoms with Crippen molar-refractivity contribution in [1.29, 1.82) is 0 Å². The molecule has 1 fully saturated rings. The molecule has 0 saturated carbocycles. The molecule has 6 nitrogen and oxygen atoms in total. The van der Waals surface area contributed by atoms with E-state index in [1.165, 1.54) is 11.8 Å². The summed E-state index contributed by atoms with van der Waals surface area (Å²) in [6, 6.07) is 11.6. The van der Waals surface area contributed by atoms with Crippen molar-refractivity contribution in [3.05, 3.63) is 65.5 Å². The monoisotopic (exact) mass is 401 g/mol. The van der Waals surface area contributed by atoms with Gasteiger partial charge in [0.1, 0.15) is 0 Å². The summed E-state index contributed by atoms with van der Waals surface area (Å²) in [5, 5.41) is 0. The molecule has 1 aliphatic heterocycles. The van der Waals surface area contributed by atoms with E-state index in [1.54, 1.807) is 28.6 Å². The number of amides is 1. The molecule has 0 unspecified atom stereocenters. The van der Waals surface area contributed by atoms with E-state index in [2.05, 4.69) is 4.98 Å². The minimum Gasteiger partial charge on any atom is -0.337 e. The Morgan fingerprint density at radius 1 is 1.14 bits per heavy atom. The van der Waals surface area contributed by atoms with Crippen LogP contribution in [0.15, 0.2) is 48.8 Å². The standard InChI is InChI=1S/C21H27N3O3S/c1-23(16-19-4-3-11-22-15-19)21(25)20-7-5-17(6-8-20)14-18-9-12-24(13-10-18)28(2,26)27/h3-8,11,15,18H,9-10,12-14,16H2,1-2H3. The minimum absolute atomic E-state index is 0.0168. The second kappa shape index (κ2) is 8.84. The number of sulfonamides is 1. The van der Waals surface area contributed by atoms with Crippen molar-refractivity contribution < 1.29 is 13.2 Å². The Labute approximate surface area is 167 Å². The number of hydrogen-bond donors (Lipinski definition) is 0.